The van der Waals surface area contributed by atoms with E-state index in [0.717, 1.165) is 11.4 Å². The number of anilines is 3. The van der Waals surface area contributed by atoms with Gasteiger partial charge in [0.05, 0.1) is 28.5 Å². The summed E-state index contributed by atoms with van der Waals surface area (Å²) in [4.78, 5) is 0. The quantitative estimate of drug-likeness (QED) is 0.824. The topological polar surface area (TPSA) is 47.3 Å². The van der Waals surface area contributed by atoms with Crippen molar-refractivity contribution in [3.05, 3.63) is 46.4 Å². The highest BCUT2D eigenvalue weighted by atomic mass is 35.5. The lowest BCUT2D eigenvalue weighted by atomic mass is 10.2. The first kappa shape index (κ1) is 12.9. The summed E-state index contributed by atoms with van der Waals surface area (Å²) in [7, 11) is 1.60. The van der Waals surface area contributed by atoms with E-state index >= 15 is 0 Å². The Kier molecular flexibility index (Phi) is 3.84. The van der Waals surface area contributed by atoms with Crippen molar-refractivity contribution < 1.29 is 4.74 Å². The third kappa shape index (κ3) is 2.81. The zero-order valence-corrected chi connectivity index (χ0v) is 11.2. The summed E-state index contributed by atoms with van der Waals surface area (Å²) >= 11 is 12.2. The lowest BCUT2D eigenvalue weighted by Gasteiger charge is -2.11. The SMILES string of the molecule is COc1ccc(Cl)c(Nc2ccc(N)cc2Cl)c1. The molecule has 2 aromatic rings. The average molecular weight is 283 g/mol. The number of benzene rings is 2. The molecule has 0 heterocycles. The van der Waals surface area contributed by atoms with Gasteiger partial charge in [0.15, 0.2) is 0 Å². The lowest BCUT2D eigenvalue weighted by Crippen LogP contribution is -1.94. The number of nitrogen functional groups attached to an aromatic ring is 1. The number of halogens is 2. The maximum atomic E-state index is 6.10. The average Bonchev–Trinajstić information content (AvgIpc) is 2.35. The highest BCUT2D eigenvalue weighted by molar-refractivity contribution is 6.35. The highest BCUT2D eigenvalue weighted by Gasteiger charge is 2.06. The number of hydrogen-bond donors (Lipinski definition) is 2. The molecule has 94 valence electrons. The van der Waals surface area contributed by atoms with E-state index < -0.39 is 0 Å². The summed E-state index contributed by atoms with van der Waals surface area (Å²) in [6.45, 7) is 0. The van der Waals surface area contributed by atoms with Crippen molar-refractivity contribution in [2.45, 2.75) is 0 Å². The number of rotatable bonds is 3. The van der Waals surface area contributed by atoms with E-state index in [2.05, 4.69) is 5.32 Å². The largest absolute Gasteiger partial charge is 0.497 e. The predicted octanol–water partition coefficient (Wildman–Crippen LogP) is 4.33. The highest BCUT2D eigenvalue weighted by Crippen LogP contribution is 2.32. The third-order valence-corrected chi connectivity index (χ3v) is 3.08. The van der Waals surface area contributed by atoms with Gasteiger partial charge in [0.2, 0.25) is 0 Å². The van der Waals surface area contributed by atoms with Crippen molar-refractivity contribution in [1.82, 2.24) is 0 Å². The molecule has 0 aliphatic carbocycles. The molecule has 0 saturated carbocycles. The summed E-state index contributed by atoms with van der Waals surface area (Å²) in [6.07, 6.45) is 0. The van der Waals surface area contributed by atoms with E-state index in [-0.39, 0.29) is 0 Å². The van der Waals surface area contributed by atoms with Gasteiger partial charge >= 0.3 is 0 Å². The maximum Gasteiger partial charge on any atom is 0.121 e. The number of methoxy groups -OCH3 is 1. The van der Waals surface area contributed by atoms with Crippen LogP contribution in [0.4, 0.5) is 17.1 Å². The molecule has 0 bridgehead atoms. The number of hydrogen-bond acceptors (Lipinski definition) is 3. The van der Waals surface area contributed by atoms with E-state index in [9.17, 15) is 0 Å². The van der Waals surface area contributed by atoms with E-state index in [0.29, 0.717) is 21.5 Å². The Labute approximate surface area is 115 Å². The van der Waals surface area contributed by atoms with Crippen LogP contribution >= 0.6 is 23.2 Å². The first-order valence-corrected chi connectivity index (χ1v) is 6.01. The van der Waals surface area contributed by atoms with Crippen LogP contribution in [0.2, 0.25) is 10.0 Å². The van der Waals surface area contributed by atoms with E-state index in [1.54, 1.807) is 43.5 Å². The van der Waals surface area contributed by atoms with Crippen LogP contribution in [0.1, 0.15) is 0 Å². The molecule has 0 saturated heterocycles. The van der Waals surface area contributed by atoms with E-state index in [1.807, 2.05) is 0 Å². The van der Waals surface area contributed by atoms with Crippen LogP contribution in [-0.4, -0.2) is 7.11 Å². The molecule has 0 aromatic heterocycles. The van der Waals surface area contributed by atoms with Crippen LogP contribution in [0.5, 0.6) is 5.75 Å². The van der Waals surface area contributed by atoms with Crippen LogP contribution in [-0.2, 0) is 0 Å². The van der Waals surface area contributed by atoms with Gasteiger partial charge in [0.1, 0.15) is 5.75 Å². The molecule has 0 fully saturated rings. The molecule has 3 N–H and O–H groups in total. The Morgan fingerprint density at radius 1 is 1.00 bits per heavy atom. The molecule has 18 heavy (non-hydrogen) atoms. The fourth-order valence-corrected chi connectivity index (χ4v) is 1.91. The first-order chi connectivity index (χ1) is 8.60. The van der Waals surface area contributed by atoms with Crippen molar-refractivity contribution in [3.63, 3.8) is 0 Å². The molecule has 0 amide bonds. The van der Waals surface area contributed by atoms with Gasteiger partial charge in [-0.1, -0.05) is 23.2 Å². The Morgan fingerprint density at radius 2 is 1.78 bits per heavy atom. The normalized spacial score (nSPS) is 10.2. The van der Waals surface area contributed by atoms with Gasteiger partial charge in [-0.15, -0.1) is 0 Å². The van der Waals surface area contributed by atoms with Crippen molar-refractivity contribution in [3.8, 4) is 5.75 Å². The van der Waals surface area contributed by atoms with Crippen LogP contribution in [0.3, 0.4) is 0 Å². The molecule has 2 rings (SSSR count). The fraction of sp³-hybridized carbons (Fsp3) is 0.0769. The van der Waals surface area contributed by atoms with Gasteiger partial charge in [-0.2, -0.15) is 0 Å². The number of ether oxygens (including phenoxy) is 1. The van der Waals surface area contributed by atoms with Crippen molar-refractivity contribution in [2.75, 3.05) is 18.2 Å². The van der Waals surface area contributed by atoms with Crippen molar-refractivity contribution in [1.29, 1.82) is 0 Å². The van der Waals surface area contributed by atoms with Crippen LogP contribution in [0, 0.1) is 0 Å². The molecule has 5 heteroatoms. The molecule has 0 unspecified atom stereocenters. The Bertz CT molecular complexity index is 573. The van der Waals surface area contributed by atoms with Gasteiger partial charge in [0, 0.05) is 11.8 Å². The van der Waals surface area contributed by atoms with Crippen LogP contribution < -0.4 is 15.8 Å². The monoisotopic (exact) mass is 282 g/mol. The van der Waals surface area contributed by atoms with Crippen LogP contribution in [0.15, 0.2) is 36.4 Å². The summed E-state index contributed by atoms with van der Waals surface area (Å²) < 4.78 is 5.15. The molecular weight excluding hydrogens is 271 g/mol. The second-order valence-corrected chi connectivity index (χ2v) is 4.52. The number of nitrogens with two attached hydrogens (primary N) is 1. The van der Waals surface area contributed by atoms with Crippen molar-refractivity contribution in [2.24, 2.45) is 0 Å². The Morgan fingerprint density at radius 3 is 2.44 bits per heavy atom. The summed E-state index contributed by atoms with van der Waals surface area (Å²) in [5, 5.41) is 4.27. The molecule has 0 spiro atoms. The van der Waals surface area contributed by atoms with Gasteiger partial charge in [-0.3, -0.25) is 0 Å². The molecule has 0 aliphatic heterocycles. The van der Waals surface area contributed by atoms with E-state index in [4.69, 9.17) is 33.7 Å². The molecule has 2 aromatic carbocycles. The smallest absolute Gasteiger partial charge is 0.121 e. The molecule has 3 nitrogen and oxygen atoms in total. The number of nitrogens with one attached hydrogen (secondary N) is 1. The second kappa shape index (κ2) is 5.38. The summed E-state index contributed by atoms with van der Waals surface area (Å²) in [5.41, 5.74) is 7.71. The summed E-state index contributed by atoms with van der Waals surface area (Å²) in [5.74, 6) is 0.716. The van der Waals surface area contributed by atoms with Gasteiger partial charge in [-0.25, -0.2) is 0 Å². The molecular formula is C13H12Cl2N2O. The van der Waals surface area contributed by atoms with E-state index in [1.165, 1.54) is 0 Å². The molecule has 0 atom stereocenters. The zero-order chi connectivity index (χ0) is 13.1. The molecule has 0 aliphatic rings. The standard InChI is InChI=1S/C13H12Cl2N2O/c1-18-9-3-4-10(14)13(7-9)17-12-5-2-8(16)6-11(12)15/h2-7,17H,16H2,1H3. The zero-order valence-electron chi connectivity index (χ0n) is 9.71. The Balaban J connectivity index is 2.33. The predicted molar refractivity (Wildman–Crippen MR) is 77.2 cm³/mol. The summed E-state index contributed by atoms with van der Waals surface area (Å²) in [6, 6.07) is 10.6. The minimum atomic E-state index is 0.536. The maximum absolute atomic E-state index is 6.10. The second-order valence-electron chi connectivity index (χ2n) is 3.71. The van der Waals surface area contributed by atoms with Gasteiger partial charge < -0.3 is 15.8 Å². The first-order valence-electron chi connectivity index (χ1n) is 5.26. The lowest BCUT2D eigenvalue weighted by molar-refractivity contribution is 0.415. The Hall–Kier alpha value is -1.58. The fourth-order valence-electron chi connectivity index (χ4n) is 1.50. The molecule has 0 radical (unpaired) electrons. The minimum Gasteiger partial charge on any atom is -0.497 e. The van der Waals surface area contributed by atoms with Gasteiger partial charge in [0.25, 0.3) is 0 Å². The third-order valence-electron chi connectivity index (χ3n) is 2.44. The minimum absolute atomic E-state index is 0.536. The van der Waals surface area contributed by atoms with Crippen molar-refractivity contribution >= 4 is 40.3 Å². The van der Waals surface area contributed by atoms with Crippen LogP contribution in [0.25, 0.3) is 0 Å². The van der Waals surface area contributed by atoms with Gasteiger partial charge in [-0.05, 0) is 30.3 Å².